The SMILES string of the molecule is CC(C)CC(=O)CCc1ccncn1.CC(C)CC(=O)CCc1ccnnc1.CC(C)CC(=O)CCc1cnccn1.CC(C)CC(=O)CCc1ncccn1.CC(C)CC(=O)Cc1ccccc1.CC(C)CC(=O)Cc1ncccc1C#N.CC(C)CC(=O)N1CCN(CS(=O)[O-])CC1.COc1ccnc(CCC(=O)CC(C)C)n1.COc1ncc(CCC(=O)CC(C)C)cn1.CSc1ccnc(CC(=O)CC(C)C)c1. The van der Waals surface area contributed by atoms with Crippen LogP contribution in [0.4, 0.5) is 0 Å². The number of aryl methyl sites for hydroxylation is 6. The number of Topliss-reactive ketones (excluding diaryl/α,β-unsaturated/α-hetero) is 9. The van der Waals surface area contributed by atoms with Crippen molar-refractivity contribution in [1.29, 1.82) is 5.26 Å². The van der Waals surface area contributed by atoms with E-state index in [1.54, 1.807) is 124 Å². The number of carbonyl (C=O) groups excluding carboxylic acids is 10. The van der Waals surface area contributed by atoms with Crippen LogP contribution < -0.4 is 9.47 Å². The Morgan fingerprint density at radius 3 is 1.29 bits per heavy atom. The molecule has 1 aliphatic heterocycles. The normalized spacial score (nSPS) is 11.5. The van der Waals surface area contributed by atoms with Gasteiger partial charge in [-0.1, -0.05) is 169 Å². The van der Waals surface area contributed by atoms with Gasteiger partial charge in [-0.3, -0.25) is 77.0 Å². The largest absolute Gasteiger partial charge is 0.771 e. The fraction of sp³-hybridized carbons (Fsp3) is 0.553. The zero-order valence-corrected chi connectivity index (χ0v) is 93.3. The number of ether oxygens (including phenoxy) is 2. The van der Waals surface area contributed by atoms with Crippen LogP contribution in [0.15, 0.2) is 171 Å². The highest BCUT2D eigenvalue weighted by atomic mass is 32.2. The number of benzene rings is 1. The Labute approximate surface area is 882 Å². The predicted octanol–water partition coefficient (Wildman–Crippen LogP) is 20.1. The minimum absolute atomic E-state index is 0.0756. The summed E-state index contributed by atoms with van der Waals surface area (Å²) in [5.74, 6) is 9.06. The molecule has 1 unspecified atom stereocenters. The molecule has 9 heterocycles. The first-order valence-corrected chi connectivity index (χ1v) is 53.6. The van der Waals surface area contributed by atoms with Gasteiger partial charge >= 0.3 is 6.01 Å². The van der Waals surface area contributed by atoms with E-state index in [0.717, 1.165) is 57.3 Å². The highest BCUT2D eigenvalue weighted by molar-refractivity contribution is 7.98. The van der Waals surface area contributed by atoms with Gasteiger partial charge in [-0.15, -0.1) is 11.8 Å². The van der Waals surface area contributed by atoms with Crippen LogP contribution in [0.1, 0.15) is 298 Å². The molecule has 1 aliphatic rings. The van der Waals surface area contributed by atoms with E-state index < -0.39 is 11.1 Å². The van der Waals surface area contributed by atoms with E-state index in [1.165, 1.54) is 13.4 Å². The van der Waals surface area contributed by atoms with E-state index in [2.05, 4.69) is 153 Å². The molecule has 10 rings (SSSR count). The quantitative estimate of drug-likeness (QED) is 0.0252. The van der Waals surface area contributed by atoms with Gasteiger partial charge in [0.1, 0.15) is 76.1 Å². The number of ketones is 9. The third-order valence-electron chi connectivity index (χ3n) is 20.6. The minimum atomic E-state index is -2.02. The van der Waals surface area contributed by atoms with Gasteiger partial charge in [0.05, 0.1) is 49.7 Å². The Morgan fingerprint density at radius 1 is 0.381 bits per heavy atom. The third-order valence-corrected chi connectivity index (χ3v) is 21.9. The summed E-state index contributed by atoms with van der Waals surface area (Å²) in [6.45, 7) is 43.5. The Kier molecular flexibility index (Phi) is 73.4. The van der Waals surface area contributed by atoms with Crippen molar-refractivity contribution in [3.05, 3.63) is 222 Å². The predicted molar refractivity (Wildman–Crippen MR) is 579 cm³/mol. The van der Waals surface area contributed by atoms with E-state index >= 15 is 0 Å². The summed E-state index contributed by atoms with van der Waals surface area (Å²) < 4.78 is 30.9. The highest BCUT2D eigenvalue weighted by Gasteiger charge is 2.22. The fourth-order valence-corrected chi connectivity index (χ4v) is 14.9. The number of hydrogen-bond donors (Lipinski definition) is 0. The molecule has 1 atom stereocenters. The van der Waals surface area contributed by atoms with Crippen LogP contribution >= 0.6 is 11.8 Å². The number of nitriles is 1. The van der Waals surface area contributed by atoms with Gasteiger partial charge in [0, 0.05) is 251 Å². The molecule has 147 heavy (non-hydrogen) atoms. The molecule has 0 aliphatic carbocycles. The number of nitrogens with zero attached hydrogens (tertiary/aromatic N) is 17. The Bertz CT molecular complexity index is 4960. The maximum absolute atomic E-state index is 11.7. The Balaban J connectivity index is 0.000000817. The molecule has 1 amide bonds. The van der Waals surface area contributed by atoms with Gasteiger partial charge in [0.15, 0.2) is 0 Å². The maximum Gasteiger partial charge on any atom is 0.316 e. The number of amides is 1. The molecule has 31 nitrogen and oxygen atoms in total. The first-order chi connectivity index (χ1) is 69.9. The summed E-state index contributed by atoms with van der Waals surface area (Å²) in [6, 6.07) is 26.9. The van der Waals surface area contributed by atoms with Crippen molar-refractivity contribution in [2.45, 2.75) is 304 Å². The van der Waals surface area contributed by atoms with E-state index in [1.807, 2.05) is 132 Å². The Hall–Kier alpha value is -12.0. The minimum Gasteiger partial charge on any atom is -0.771 e. The van der Waals surface area contributed by atoms with Gasteiger partial charge in [-0.05, 0) is 161 Å². The number of aromatic nitrogens is 14. The first-order valence-electron chi connectivity index (χ1n) is 51.2. The molecular weight excluding hydrogens is 1900 g/mol. The fourth-order valence-electron chi connectivity index (χ4n) is 13.9. The molecule has 33 heteroatoms. The number of piperazine rings is 1. The van der Waals surface area contributed by atoms with Crippen LogP contribution in [-0.2, 0) is 117 Å². The number of thioether (sulfide) groups is 1. The van der Waals surface area contributed by atoms with Crippen LogP contribution in [0.25, 0.3) is 0 Å². The van der Waals surface area contributed by atoms with E-state index in [9.17, 15) is 56.7 Å². The molecule has 1 fully saturated rings. The van der Waals surface area contributed by atoms with Gasteiger partial charge in [-0.25, -0.2) is 34.9 Å². The number of hydrogen-bond acceptors (Lipinski definition) is 31. The lowest BCUT2D eigenvalue weighted by Gasteiger charge is -2.35. The standard InChI is InChI=1S/2C12H18N2O2.C12H14N2O.C12H17NOS.C12H16O.4C11H16N2O.C10H20N2O3S/c1-9(2)6-11(15)5-4-10-7-13-12(16-3)14-8-10;1-9(2)8-10(15)4-5-11-13-7-6-12(14-11)16-3;1-9(2)6-11(15)7-12-10(8-13)4-3-5-14-12;1-9(2)6-11(14)7-10-8-12(15-3)4-5-13-10;1-10(2)8-12(13)9-11-6-4-3-5-7-11;1-9(2)8-10(14)4-5-11-12-6-3-7-13-11;1-9(2)7-11(14)4-3-10-8-12-5-6-13-10;1-9(2)7-11(14)4-3-10-5-6-12-8-13-10;1-9(2)7-11(14)4-3-10-5-6-12-13-8-10;1-9(2)7-10(13)12-5-3-11(4-6-12)8-16(14)15/h7-9H,4-6H2,1-3H3;6-7,9H,4-5,8H2,1-3H3;3-5,9H,6-7H2,1-2H3;4-5,8-9H,6-7H2,1-3H3;3-7,10H,8-9H2,1-2H3;3,6-7,9H,4-5,8H2,1-2H3;3*5-6,8-9H,3-4,7H2,1-2H3;9H,3-8H2,1-2H3,(H,14,15)/p-1. The van der Waals surface area contributed by atoms with Gasteiger partial charge < -0.3 is 18.9 Å². The van der Waals surface area contributed by atoms with Crippen LogP contribution in [0, 0.1) is 70.5 Å². The zero-order chi connectivity index (χ0) is 110. The number of methoxy groups -OCH3 is 2. The average Bonchev–Trinajstić information content (AvgIpc) is 0.878. The summed E-state index contributed by atoms with van der Waals surface area (Å²) in [5.41, 5.74) is 6.97. The molecule has 0 bridgehead atoms. The molecule has 8 aromatic heterocycles. The van der Waals surface area contributed by atoms with Crippen molar-refractivity contribution in [1.82, 2.24) is 79.8 Å². The summed E-state index contributed by atoms with van der Waals surface area (Å²) in [4.78, 5) is 168. The first kappa shape index (κ1) is 133. The number of carbonyl (C=O) groups is 10. The van der Waals surface area contributed by atoms with Crippen molar-refractivity contribution in [2.75, 3.05) is 52.5 Å². The monoisotopic (exact) mass is 2060 g/mol. The topological polar surface area (TPSA) is 440 Å². The smallest absolute Gasteiger partial charge is 0.316 e. The van der Waals surface area contributed by atoms with E-state index in [4.69, 9.17) is 14.7 Å². The lowest BCUT2D eigenvalue weighted by atomic mass is 10.0. The average molecular weight is 2060 g/mol. The molecule has 1 aromatic carbocycles. The number of rotatable bonds is 49. The van der Waals surface area contributed by atoms with Crippen LogP contribution in [-0.4, -0.2) is 199 Å². The molecule has 0 radical (unpaired) electrons. The summed E-state index contributed by atoms with van der Waals surface area (Å²) in [7, 11) is 3.09. The molecule has 0 spiro atoms. The number of pyridine rings is 2. The lowest BCUT2D eigenvalue weighted by Crippen LogP contribution is -2.49. The molecule has 0 saturated carbocycles. The van der Waals surface area contributed by atoms with Gasteiger partial charge in [-0.2, -0.15) is 20.4 Å². The molecular formula is C114H166N17O14S2-. The lowest BCUT2D eigenvalue weighted by molar-refractivity contribution is -0.133. The third kappa shape index (κ3) is 74.5. The van der Waals surface area contributed by atoms with Gasteiger partial charge in [0.2, 0.25) is 11.8 Å². The van der Waals surface area contributed by atoms with Crippen molar-refractivity contribution in [2.24, 2.45) is 59.2 Å². The van der Waals surface area contributed by atoms with Crippen LogP contribution in [0.2, 0.25) is 0 Å². The van der Waals surface area contributed by atoms with Crippen LogP contribution in [0.5, 0.6) is 11.9 Å². The van der Waals surface area contributed by atoms with E-state index in [0.29, 0.717) is 290 Å². The molecule has 804 valence electrons. The second kappa shape index (κ2) is 81.1. The van der Waals surface area contributed by atoms with E-state index in [-0.39, 0.29) is 35.6 Å². The van der Waals surface area contributed by atoms with Crippen molar-refractivity contribution in [3.63, 3.8) is 0 Å². The van der Waals surface area contributed by atoms with Crippen LogP contribution in [0.3, 0.4) is 0 Å². The second-order valence-electron chi connectivity index (χ2n) is 40.0. The molecule has 1 saturated heterocycles. The van der Waals surface area contributed by atoms with Gasteiger partial charge in [0.25, 0.3) is 0 Å². The second-order valence-corrected chi connectivity index (χ2v) is 41.7. The maximum atomic E-state index is 11.7. The summed E-state index contributed by atoms with van der Waals surface area (Å²) in [6.07, 6.45) is 40.8. The summed E-state index contributed by atoms with van der Waals surface area (Å²) in [5, 5.41) is 16.3. The molecule has 9 aromatic rings. The van der Waals surface area contributed by atoms with Crippen molar-refractivity contribution >= 4 is 80.8 Å². The molecule has 0 N–H and O–H groups in total. The zero-order valence-electron chi connectivity index (χ0n) is 91.7. The highest BCUT2D eigenvalue weighted by Crippen LogP contribution is 2.19. The Morgan fingerprint density at radius 2 is 0.837 bits per heavy atom. The van der Waals surface area contributed by atoms with Crippen molar-refractivity contribution in [3.8, 4) is 18.0 Å². The summed E-state index contributed by atoms with van der Waals surface area (Å²) >= 11 is -0.349. The van der Waals surface area contributed by atoms with Crippen molar-refractivity contribution < 1.29 is 66.2 Å².